The quantitative estimate of drug-likeness (QED) is 0.577. The number of unbranched alkanes of at least 4 members (excludes halogenated alkanes) is 2. The van der Waals surface area contributed by atoms with Gasteiger partial charge in [0.25, 0.3) is 0 Å². The van der Waals surface area contributed by atoms with Crippen molar-refractivity contribution in [3.05, 3.63) is 41.5 Å². The summed E-state index contributed by atoms with van der Waals surface area (Å²) in [4.78, 5) is 21.4. The number of fused-ring (bicyclic) bond motifs is 1. The van der Waals surface area contributed by atoms with Crippen LogP contribution in [0.2, 0.25) is 0 Å². The molecule has 3 heterocycles. The van der Waals surface area contributed by atoms with E-state index in [1.54, 1.807) is 29.0 Å². The van der Waals surface area contributed by atoms with E-state index in [4.69, 9.17) is 4.42 Å². The lowest BCUT2D eigenvalue weighted by Gasteiger charge is -2.38. The van der Waals surface area contributed by atoms with Crippen molar-refractivity contribution in [2.75, 3.05) is 32.7 Å². The molecule has 0 N–H and O–H groups in total. The molecule has 0 spiro atoms. The van der Waals surface area contributed by atoms with Crippen LogP contribution in [0.3, 0.4) is 0 Å². The lowest BCUT2D eigenvalue weighted by Crippen LogP contribution is -2.49. The minimum atomic E-state index is -0.376. The largest absolute Gasteiger partial charge is 0.422 e. The number of nitrogens with zero attached hydrogens (tertiary/aromatic N) is 4. The van der Waals surface area contributed by atoms with Gasteiger partial charge in [0.2, 0.25) is 0 Å². The molecule has 1 unspecified atom stereocenters. The molecule has 0 amide bonds. The van der Waals surface area contributed by atoms with E-state index in [9.17, 15) is 4.79 Å². The summed E-state index contributed by atoms with van der Waals surface area (Å²) >= 11 is 0. The lowest BCUT2D eigenvalue weighted by molar-refractivity contribution is 0.0842. The van der Waals surface area contributed by atoms with Crippen LogP contribution in [-0.4, -0.2) is 52.1 Å². The number of oxazole rings is 1. The minimum Gasteiger partial charge on any atom is -0.406 e. The molecule has 1 fully saturated rings. The molecule has 0 aromatic carbocycles. The highest BCUT2D eigenvalue weighted by Gasteiger charge is 2.26. The smallest absolute Gasteiger partial charge is 0.406 e. The molecular weight excluding hydrogens is 304 g/mol. The molecule has 2 aromatic rings. The SMILES string of the molecule is C=CC(N1CCN(CCCCC)CC1)n1c(=O)oc2cccnc21. The van der Waals surface area contributed by atoms with Gasteiger partial charge in [-0.1, -0.05) is 32.4 Å². The Labute approximate surface area is 142 Å². The molecule has 24 heavy (non-hydrogen) atoms. The summed E-state index contributed by atoms with van der Waals surface area (Å²) in [6, 6.07) is 3.54. The van der Waals surface area contributed by atoms with E-state index in [0.717, 1.165) is 32.7 Å². The molecule has 1 aliphatic heterocycles. The van der Waals surface area contributed by atoms with Gasteiger partial charge in [-0.2, -0.15) is 0 Å². The van der Waals surface area contributed by atoms with Crippen LogP contribution in [0.15, 0.2) is 40.2 Å². The number of rotatable bonds is 7. The minimum absolute atomic E-state index is 0.216. The number of hydrogen-bond acceptors (Lipinski definition) is 5. The Hall–Kier alpha value is -1.92. The Morgan fingerprint density at radius 1 is 1.33 bits per heavy atom. The first kappa shape index (κ1) is 16.9. The topological polar surface area (TPSA) is 54.5 Å². The number of piperazine rings is 1. The molecule has 6 heteroatoms. The molecule has 1 atom stereocenters. The Morgan fingerprint density at radius 2 is 2.12 bits per heavy atom. The molecule has 3 rings (SSSR count). The van der Waals surface area contributed by atoms with E-state index < -0.39 is 0 Å². The van der Waals surface area contributed by atoms with Crippen LogP contribution >= 0.6 is 0 Å². The summed E-state index contributed by atoms with van der Waals surface area (Å²) < 4.78 is 6.93. The van der Waals surface area contributed by atoms with Crippen LogP contribution < -0.4 is 5.76 Å². The molecule has 2 aromatic heterocycles. The van der Waals surface area contributed by atoms with E-state index in [-0.39, 0.29) is 11.9 Å². The van der Waals surface area contributed by atoms with E-state index in [1.807, 2.05) is 0 Å². The highest BCUT2D eigenvalue weighted by atomic mass is 16.4. The van der Waals surface area contributed by atoms with Crippen LogP contribution in [0.1, 0.15) is 32.4 Å². The van der Waals surface area contributed by atoms with Gasteiger partial charge >= 0.3 is 5.76 Å². The van der Waals surface area contributed by atoms with Gasteiger partial charge in [-0.25, -0.2) is 14.3 Å². The fraction of sp³-hybridized carbons (Fsp3) is 0.556. The monoisotopic (exact) mass is 330 g/mol. The first-order valence-electron chi connectivity index (χ1n) is 8.79. The van der Waals surface area contributed by atoms with Gasteiger partial charge in [0.05, 0.1) is 0 Å². The van der Waals surface area contributed by atoms with E-state index in [1.165, 1.54) is 19.3 Å². The first-order chi connectivity index (χ1) is 11.7. The number of aromatic nitrogens is 2. The predicted molar refractivity (Wildman–Crippen MR) is 95.0 cm³/mol. The summed E-state index contributed by atoms with van der Waals surface area (Å²) in [5.41, 5.74) is 1.10. The van der Waals surface area contributed by atoms with Gasteiger partial charge in [0.1, 0.15) is 6.17 Å². The van der Waals surface area contributed by atoms with Crippen molar-refractivity contribution in [2.24, 2.45) is 0 Å². The second kappa shape index (κ2) is 7.77. The van der Waals surface area contributed by atoms with Gasteiger partial charge in [-0.15, -0.1) is 0 Å². The summed E-state index contributed by atoms with van der Waals surface area (Å²) in [5.74, 6) is -0.376. The Bertz CT molecular complexity index is 728. The molecule has 1 aliphatic rings. The molecular formula is C18H26N4O2. The molecule has 0 saturated carbocycles. The number of pyridine rings is 1. The van der Waals surface area contributed by atoms with Crippen molar-refractivity contribution in [3.8, 4) is 0 Å². The van der Waals surface area contributed by atoms with E-state index in [2.05, 4.69) is 28.3 Å². The normalized spacial score (nSPS) is 18.0. The maximum Gasteiger partial charge on any atom is 0.422 e. The average Bonchev–Trinajstić information content (AvgIpc) is 2.93. The van der Waals surface area contributed by atoms with Gasteiger partial charge in [-0.05, 0) is 25.1 Å². The third-order valence-corrected chi connectivity index (χ3v) is 4.71. The lowest BCUT2D eigenvalue weighted by atomic mass is 10.2. The zero-order chi connectivity index (χ0) is 16.9. The molecule has 0 bridgehead atoms. The second-order valence-electron chi connectivity index (χ2n) is 6.30. The fourth-order valence-corrected chi connectivity index (χ4v) is 3.36. The number of hydrogen-bond donors (Lipinski definition) is 0. The van der Waals surface area contributed by atoms with Gasteiger partial charge < -0.3 is 9.32 Å². The third kappa shape index (κ3) is 3.44. The standard InChI is InChI=1S/C18H26N4O2/c1-3-5-6-10-20-11-13-21(14-12-20)16(4-2)22-17-15(24-18(22)23)8-7-9-19-17/h4,7-9,16H,2-3,5-6,10-14H2,1H3. The summed E-state index contributed by atoms with van der Waals surface area (Å²) in [7, 11) is 0. The van der Waals surface area contributed by atoms with E-state index >= 15 is 0 Å². The summed E-state index contributed by atoms with van der Waals surface area (Å²) in [6.07, 6.45) is 7.07. The van der Waals surface area contributed by atoms with Gasteiger partial charge in [0, 0.05) is 32.4 Å². The summed E-state index contributed by atoms with van der Waals surface area (Å²) in [5, 5.41) is 0. The van der Waals surface area contributed by atoms with Crippen molar-refractivity contribution in [1.82, 2.24) is 19.4 Å². The molecule has 130 valence electrons. The Balaban J connectivity index is 1.72. The Kier molecular flexibility index (Phi) is 5.48. The maximum absolute atomic E-state index is 12.3. The molecule has 0 aliphatic carbocycles. The van der Waals surface area contributed by atoms with Crippen LogP contribution in [0.25, 0.3) is 11.2 Å². The third-order valence-electron chi connectivity index (χ3n) is 4.71. The molecule has 6 nitrogen and oxygen atoms in total. The average molecular weight is 330 g/mol. The molecule has 1 saturated heterocycles. The van der Waals surface area contributed by atoms with Crippen molar-refractivity contribution in [2.45, 2.75) is 32.4 Å². The first-order valence-corrected chi connectivity index (χ1v) is 8.79. The van der Waals surface area contributed by atoms with Crippen molar-refractivity contribution in [3.63, 3.8) is 0 Å². The predicted octanol–water partition coefficient (Wildman–Crippen LogP) is 2.48. The van der Waals surface area contributed by atoms with Crippen LogP contribution in [0.5, 0.6) is 0 Å². The fourth-order valence-electron chi connectivity index (χ4n) is 3.36. The summed E-state index contributed by atoms with van der Waals surface area (Å²) in [6.45, 7) is 11.2. The maximum atomic E-state index is 12.3. The highest BCUT2D eigenvalue weighted by Crippen LogP contribution is 2.20. The van der Waals surface area contributed by atoms with Gasteiger partial charge in [0.15, 0.2) is 11.2 Å². The second-order valence-corrected chi connectivity index (χ2v) is 6.30. The van der Waals surface area contributed by atoms with Crippen LogP contribution in [0.4, 0.5) is 0 Å². The highest BCUT2D eigenvalue weighted by molar-refractivity contribution is 5.67. The van der Waals surface area contributed by atoms with Crippen LogP contribution in [-0.2, 0) is 0 Å². The van der Waals surface area contributed by atoms with Crippen molar-refractivity contribution < 1.29 is 4.42 Å². The Morgan fingerprint density at radius 3 is 2.83 bits per heavy atom. The van der Waals surface area contributed by atoms with Crippen LogP contribution in [0, 0.1) is 0 Å². The van der Waals surface area contributed by atoms with E-state index in [0.29, 0.717) is 11.2 Å². The van der Waals surface area contributed by atoms with Crippen molar-refractivity contribution in [1.29, 1.82) is 0 Å². The van der Waals surface area contributed by atoms with Crippen molar-refractivity contribution >= 4 is 11.2 Å². The zero-order valence-electron chi connectivity index (χ0n) is 14.4. The van der Waals surface area contributed by atoms with Gasteiger partial charge in [-0.3, -0.25) is 4.90 Å². The zero-order valence-corrected chi connectivity index (χ0v) is 14.4. The molecule has 0 radical (unpaired) electrons.